The fraction of sp³-hybridized carbons (Fsp3) is 0.667. The minimum absolute atomic E-state index is 0.112. The molecule has 1 atom stereocenters. The maximum atomic E-state index is 6.11. The summed E-state index contributed by atoms with van der Waals surface area (Å²) in [5.74, 6) is 1.03. The number of hydrogen-bond acceptors (Lipinski definition) is 2. The lowest BCUT2D eigenvalue weighted by molar-refractivity contribution is 0.257. The van der Waals surface area contributed by atoms with E-state index in [1.807, 2.05) is 7.05 Å². The van der Waals surface area contributed by atoms with Gasteiger partial charge in [-0.3, -0.25) is 0 Å². The van der Waals surface area contributed by atoms with Crippen LogP contribution in [0.15, 0.2) is 18.2 Å². The molecule has 1 aromatic rings. The Morgan fingerprint density at radius 3 is 2.40 bits per heavy atom. The smallest absolute Gasteiger partial charge is 0.123 e. The van der Waals surface area contributed by atoms with Gasteiger partial charge in [0.25, 0.3) is 0 Å². The first kappa shape index (κ1) is 17.0. The standard InChI is InChI=1S/C18H31NO/c1-7-9-15(19-6)13-20-17-11-10-14(8-2)12-16(17)18(3,4)5/h10-12,15,19H,7-9,13H2,1-6H3. The van der Waals surface area contributed by atoms with E-state index in [-0.39, 0.29) is 5.41 Å². The van der Waals surface area contributed by atoms with Gasteiger partial charge in [0.05, 0.1) is 0 Å². The van der Waals surface area contributed by atoms with Crippen LogP contribution in [0.25, 0.3) is 0 Å². The summed E-state index contributed by atoms with van der Waals surface area (Å²) in [7, 11) is 2.01. The first-order chi connectivity index (χ1) is 9.42. The topological polar surface area (TPSA) is 21.3 Å². The zero-order chi connectivity index (χ0) is 15.2. The summed E-state index contributed by atoms with van der Waals surface area (Å²) in [5, 5.41) is 3.33. The summed E-state index contributed by atoms with van der Waals surface area (Å²) in [6, 6.07) is 7.04. The quantitative estimate of drug-likeness (QED) is 0.801. The van der Waals surface area contributed by atoms with Crippen LogP contribution >= 0.6 is 0 Å². The van der Waals surface area contributed by atoms with Gasteiger partial charge < -0.3 is 10.1 Å². The molecule has 0 spiro atoms. The second-order valence-corrected chi connectivity index (χ2v) is 6.52. The zero-order valence-corrected chi connectivity index (χ0v) is 14.0. The molecule has 2 nitrogen and oxygen atoms in total. The molecular weight excluding hydrogens is 246 g/mol. The van der Waals surface area contributed by atoms with Gasteiger partial charge in [0.15, 0.2) is 0 Å². The number of ether oxygens (including phenoxy) is 1. The van der Waals surface area contributed by atoms with Crippen LogP contribution < -0.4 is 10.1 Å². The summed E-state index contributed by atoms with van der Waals surface area (Å²) in [6.45, 7) is 11.9. The van der Waals surface area contributed by atoms with Crippen molar-refractivity contribution in [3.63, 3.8) is 0 Å². The highest BCUT2D eigenvalue weighted by Crippen LogP contribution is 2.32. The fourth-order valence-corrected chi connectivity index (χ4v) is 2.36. The molecule has 0 saturated heterocycles. The second-order valence-electron chi connectivity index (χ2n) is 6.52. The molecule has 1 rings (SSSR count). The lowest BCUT2D eigenvalue weighted by atomic mass is 9.85. The molecule has 1 aromatic carbocycles. The van der Waals surface area contributed by atoms with Crippen molar-refractivity contribution >= 4 is 0 Å². The van der Waals surface area contributed by atoms with E-state index in [4.69, 9.17) is 4.74 Å². The predicted octanol–water partition coefficient (Wildman–Crippen LogP) is 4.31. The molecule has 0 aromatic heterocycles. The van der Waals surface area contributed by atoms with Crippen molar-refractivity contribution in [2.45, 2.75) is 65.3 Å². The van der Waals surface area contributed by atoms with E-state index >= 15 is 0 Å². The SMILES string of the molecule is CCCC(COc1ccc(CC)cc1C(C)(C)C)NC. The van der Waals surface area contributed by atoms with Crippen LogP contribution in [0, 0.1) is 0 Å². The highest BCUT2D eigenvalue weighted by atomic mass is 16.5. The monoisotopic (exact) mass is 277 g/mol. The van der Waals surface area contributed by atoms with Crippen molar-refractivity contribution in [1.29, 1.82) is 0 Å². The number of aryl methyl sites for hydroxylation is 1. The highest BCUT2D eigenvalue weighted by Gasteiger charge is 2.20. The van der Waals surface area contributed by atoms with Gasteiger partial charge in [-0.1, -0.05) is 53.2 Å². The van der Waals surface area contributed by atoms with E-state index in [2.05, 4.69) is 58.1 Å². The molecule has 0 aliphatic rings. The zero-order valence-electron chi connectivity index (χ0n) is 14.0. The van der Waals surface area contributed by atoms with Crippen LogP contribution in [0.4, 0.5) is 0 Å². The van der Waals surface area contributed by atoms with Crippen molar-refractivity contribution in [3.8, 4) is 5.75 Å². The molecule has 1 unspecified atom stereocenters. The van der Waals surface area contributed by atoms with Crippen LogP contribution in [-0.2, 0) is 11.8 Å². The number of benzene rings is 1. The number of likely N-dealkylation sites (N-methyl/N-ethyl adjacent to an activating group) is 1. The molecule has 0 fully saturated rings. The Hall–Kier alpha value is -1.02. The van der Waals surface area contributed by atoms with E-state index in [0.29, 0.717) is 6.04 Å². The minimum atomic E-state index is 0.112. The van der Waals surface area contributed by atoms with Gasteiger partial charge in [0, 0.05) is 6.04 Å². The van der Waals surface area contributed by atoms with Crippen LogP contribution in [0.3, 0.4) is 0 Å². The van der Waals surface area contributed by atoms with E-state index in [1.54, 1.807) is 0 Å². The summed E-state index contributed by atoms with van der Waals surface area (Å²) >= 11 is 0. The van der Waals surface area contributed by atoms with Crippen LogP contribution in [0.2, 0.25) is 0 Å². The van der Waals surface area contributed by atoms with Crippen molar-refractivity contribution in [2.24, 2.45) is 0 Å². The van der Waals surface area contributed by atoms with Crippen molar-refractivity contribution in [1.82, 2.24) is 5.32 Å². The predicted molar refractivity (Wildman–Crippen MR) is 87.8 cm³/mol. The average molecular weight is 277 g/mol. The number of hydrogen-bond donors (Lipinski definition) is 1. The maximum absolute atomic E-state index is 6.11. The summed E-state index contributed by atoms with van der Waals surface area (Å²) < 4.78 is 6.11. The Balaban J connectivity index is 2.88. The third kappa shape index (κ3) is 4.82. The van der Waals surface area contributed by atoms with Crippen molar-refractivity contribution in [3.05, 3.63) is 29.3 Å². The van der Waals surface area contributed by atoms with Gasteiger partial charge in [-0.2, -0.15) is 0 Å². The largest absolute Gasteiger partial charge is 0.492 e. The molecule has 1 N–H and O–H groups in total. The fourth-order valence-electron chi connectivity index (χ4n) is 2.36. The number of nitrogens with one attached hydrogen (secondary N) is 1. The molecule has 0 bridgehead atoms. The molecule has 0 aliphatic heterocycles. The molecular formula is C18H31NO. The van der Waals surface area contributed by atoms with E-state index in [1.165, 1.54) is 17.5 Å². The second kappa shape index (κ2) is 7.68. The third-order valence-corrected chi connectivity index (χ3v) is 3.75. The van der Waals surface area contributed by atoms with Crippen molar-refractivity contribution < 1.29 is 4.74 Å². The molecule has 2 heteroatoms. The van der Waals surface area contributed by atoms with Crippen molar-refractivity contribution in [2.75, 3.05) is 13.7 Å². The van der Waals surface area contributed by atoms with Crippen LogP contribution in [0.1, 0.15) is 58.6 Å². The Morgan fingerprint density at radius 1 is 1.20 bits per heavy atom. The van der Waals surface area contributed by atoms with Crippen LogP contribution in [0.5, 0.6) is 5.75 Å². The first-order valence-electron chi connectivity index (χ1n) is 7.85. The van der Waals surface area contributed by atoms with Gasteiger partial charge in [-0.25, -0.2) is 0 Å². The molecule has 0 heterocycles. The van der Waals surface area contributed by atoms with Gasteiger partial charge in [0.2, 0.25) is 0 Å². The summed E-state index contributed by atoms with van der Waals surface area (Å²) in [5.41, 5.74) is 2.80. The summed E-state index contributed by atoms with van der Waals surface area (Å²) in [6.07, 6.45) is 3.39. The van der Waals surface area contributed by atoms with Crippen LogP contribution in [-0.4, -0.2) is 19.7 Å². The number of rotatable bonds is 7. The van der Waals surface area contributed by atoms with Gasteiger partial charge >= 0.3 is 0 Å². The first-order valence-corrected chi connectivity index (χ1v) is 7.85. The third-order valence-electron chi connectivity index (χ3n) is 3.75. The maximum Gasteiger partial charge on any atom is 0.123 e. The lowest BCUT2D eigenvalue weighted by Gasteiger charge is -2.25. The molecule has 0 radical (unpaired) electrons. The van der Waals surface area contributed by atoms with E-state index < -0.39 is 0 Å². The van der Waals surface area contributed by atoms with Gasteiger partial charge in [0.1, 0.15) is 12.4 Å². The Labute approximate surface area is 124 Å². The molecule has 114 valence electrons. The molecule has 0 saturated carbocycles. The van der Waals surface area contributed by atoms with Gasteiger partial charge in [-0.15, -0.1) is 0 Å². The Bertz CT molecular complexity index is 406. The summed E-state index contributed by atoms with van der Waals surface area (Å²) in [4.78, 5) is 0. The molecule has 20 heavy (non-hydrogen) atoms. The van der Waals surface area contributed by atoms with E-state index in [9.17, 15) is 0 Å². The average Bonchev–Trinajstić information content (AvgIpc) is 2.42. The van der Waals surface area contributed by atoms with Gasteiger partial charge in [-0.05, 0) is 42.5 Å². The normalized spacial score (nSPS) is 13.3. The Kier molecular flexibility index (Phi) is 6.54. The highest BCUT2D eigenvalue weighted by molar-refractivity contribution is 5.41. The van der Waals surface area contributed by atoms with E-state index in [0.717, 1.165) is 25.2 Å². The molecule has 0 aliphatic carbocycles. The lowest BCUT2D eigenvalue weighted by Crippen LogP contribution is -2.31. The molecule has 0 amide bonds. The Morgan fingerprint density at radius 2 is 1.90 bits per heavy atom. The minimum Gasteiger partial charge on any atom is -0.492 e.